The van der Waals surface area contributed by atoms with Crippen molar-refractivity contribution in [3.05, 3.63) is 29.8 Å². The molecule has 4 heteroatoms. The Morgan fingerprint density at radius 1 is 1.43 bits per heavy atom. The van der Waals surface area contributed by atoms with Gasteiger partial charge >= 0.3 is 5.97 Å². The van der Waals surface area contributed by atoms with E-state index in [1.165, 1.54) is 24.3 Å². The van der Waals surface area contributed by atoms with Crippen LogP contribution in [0.3, 0.4) is 0 Å². The molecule has 1 unspecified atom stereocenters. The lowest BCUT2D eigenvalue weighted by Crippen LogP contribution is -2.32. The zero-order valence-corrected chi connectivity index (χ0v) is 7.70. The van der Waals surface area contributed by atoms with Gasteiger partial charge in [-0.2, -0.15) is 0 Å². The lowest BCUT2D eigenvalue weighted by atomic mass is 9.98. The van der Waals surface area contributed by atoms with E-state index < -0.39 is 11.6 Å². The van der Waals surface area contributed by atoms with Gasteiger partial charge in [-0.15, -0.1) is 0 Å². The van der Waals surface area contributed by atoms with Gasteiger partial charge in [-0.1, -0.05) is 12.1 Å². The summed E-state index contributed by atoms with van der Waals surface area (Å²) in [6.45, 7) is 1.02. The smallest absolute Gasteiger partial charge is 0.341 e. The molecule has 0 aliphatic carbocycles. The highest BCUT2D eigenvalue weighted by Gasteiger charge is 2.32. The monoisotopic (exact) mass is 197 g/mol. The highest BCUT2D eigenvalue weighted by atomic mass is 18.2. The van der Waals surface area contributed by atoms with E-state index in [9.17, 15) is 9.18 Å². The first-order valence-corrected chi connectivity index (χ1v) is 4.12. The lowest BCUT2D eigenvalue weighted by Gasteiger charge is -2.14. The van der Waals surface area contributed by atoms with Gasteiger partial charge in [0.15, 0.2) is 0 Å². The Hall–Kier alpha value is -1.58. The van der Waals surface area contributed by atoms with E-state index in [4.69, 9.17) is 10.2 Å². The lowest BCUT2D eigenvalue weighted by molar-refractivity contribution is -0.149. The number of carboxylic acid groups (broad SMARTS) is 1. The average Bonchev–Trinajstić information content (AvgIpc) is 2.08. The maximum Gasteiger partial charge on any atom is 0.341 e. The molecule has 0 saturated carbocycles. The van der Waals surface area contributed by atoms with Crippen LogP contribution >= 0.6 is 0 Å². The van der Waals surface area contributed by atoms with E-state index in [0.29, 0.717) is 5.56 Å². The third-order valence-electron chi connectivity index (χ3n) is 1.92. The molecular weight excluding hydrogens is 186 g/mol. The van der Waals surface area contributed by atoms with Gasteiger partial charge in [-0.05, 0) is 24.6 Å². The van der Waals surface area contributed by atoms with Crippen LogP contribution < -0.4 is 0 Å². The maximum absolute atomic E-state index is 13.3. The molecule has 3 nitrogen and oxygen atoms in total. The fraction of sp³-hybridized carbons (Fsp3) is 0.300. The van der Waals surface area contributed by atoms with Gasteiger partial charge in [0.05, 0.1) is 0 Å². The predicted octanol–water partition coefficient (Wildman–Crippen LogP) is 1.75. The summed E-state index contributed by atoms with van der Waals surface area (Å²) in [7, 11) is 0. The molecule has 2 N–H and O–H groups in total. The predicted molar refractivity (Wildman–Crippen MR) is 49.0 cm³/mol. The molecule has 0 saturated heterocycles. The summed E-state index contributed by atoms with van der Waals surface area (Å²) in [5, 5.41) is 17.5. The molecule has 0 radical (unpaired) electrons. The van der Waals surface area contributed by atoms with Crippen molar-refractivity contribution in [2.24, 2.45) is 0 Å². The van der Waals surface area contributed by atoms with Crippen LogP contribution in [0, 0.1) is 0 Å². The maximum atomic E-state index is 13.3. The molecule has 1 atom stereocenters. The van der Waals surface area contributed by atoms with Crippen molar-refractivity contribution in [2.75, 3.05) is 0 Å². The van der Waals surface area contributed by atoms with Crippen molar-refractivity contribution >= 4 is 5.97 Å². The van der Waals surface area contributed by atoms with E-state index in [1.54, 1.807) is 0 Å². The molecule has 0 bridgehead atoms. The summed E-state index contributed by atoms with van der Waals surface area (Å²) in [5.74, 6) is -1.41. The summed E-state index contributed by atoms with van der Waals surface area (Å²) >= 11 is 0. The molecule has 76 valence electrons. The Morgan fingerprint density at radius 3 is 2.36 bits per heavy atom. The molecular formula is C10H11FO3. The van der Waals surface area contributed by atoms with E-state index in [1.807, 2.05) is 0 Å². The molecule has 14 heavy (non-hydrogen) atoms. The molecule has 1 rings (SSSR count). The van der Waals surface area contributed by atoms with E-state index in [2.05, 4.69) is 0 Å². The van der Waals surface area contributed by atoms with Gasteiger partial charge in [-0.25, -0.2) is 9.18 Å². The normalized spacial score (nSPS) is 14.7. The van der Waals surface area contributed by atoms with Crippen LogP contribution in [0.25, 0.3) is 0 Å². The van der Waals surface area contributed by atoms with Gasteiger partial charge in [-0.3, -0.25) is 0 Å². The SMILES string of the molecule is CC([18F])(Cc1ccc(O)cc1)C(=O)O. The van der Waals surface area contributed by atoms with Crippen LogP contribution in [0.15, 0.2) is 24.3 Å². The standard InChI is InChI=1S/C10H11FO3/c1-10(11,9(13)14)6-7-2-4-8(12)5-3-7/h2-5,12H,6H2,1H3,(H,13,14)/i11-1. The number of carbonyl (C=O) groups is 1. The van der Waals surface area contributed by atoms with E-state index in [0.717, 1.165) is 6.92 Å². The third kappa shape index (κ3) is 2.45. The van der Waals surface area contributed by atoms with Crippen molar-refractivity contribution in [2.45, 2.75) is 19.0 Å². The van der Waals surface area contributed by atoms with Crippen LogP contribution in [0.5, 0.6) is 5.75 Å². The fourth-order valence-corrected chi connectivity index (χ4v) is 1.07. The number of aliphatic carboxylic acids is 1. The van der Waals surface area contributed by atoms with Crippen molar-refractivity contribution in [3.8, 4) is 5.75 Å². The molecule has 1 aromatic rings. The van der Waals surface area contributed by atoms with Crippen LogP contribution in [0.1, 0.15) is 12.5 Å². The number of benzene rings is 1. The van der Waals surface area contributed by atoms with Crippen molar-refractivity contribution < 1.29 is 19.4 Å². The molecule has 0 aliphatic heterocycles. The molecule has 1 aromatic carbocycles. The van der Waals surface area contributed by atoms with Crippen molar-refractivity contribution in [1.82, 2.24) is 0 Å². The Balaban J connectivity index is 2.79. The second-order valence-electron chi connectivity index (χ2n) is 3.35. The van der Waals surface area contributed by atoms with Crippen molar-refractivity contribution in [1.29, 1.82) is 0 Å². The van der Waals surface area contributed by atoms with Crippen molar-refractivity contribution in [3.63, 3.8) is 0 Å². The number of phenols is 1. The molecule has 0 spiro atoms. The van der Waals surface area contributed by atoms with Gasteiger partial charge in [0.2, 0.25) is 5.67 Å². The second-order valence-corrected chi connectivity index (χ2v) is 3.35. The van der Waals surface area contributed by atoms with Gasteiger partial charge in [0.1, 0.15) is 5.75 Å². The first-order valence-electron chi connectivity index (χ1n) is 4.12. The largest absolute Gasteiger partial charge is 0.508 e. The van der Waals surface area contributed by atoms with Crippen LogP contribution in [-0.2, 0) is 11.2 Å². The average molecular weight is 197 g/mol. The highest BCUT2D eigenvalue weighted by molar-refractivity contribution is 5.77. The number of phenolic OH excluding ortho intramolecular Hbond substituents is 1. The number of carboxylic acids is 1. The van der Waals surface area contributed by atoms with Crippen LogP contribution in [0.2, 0.25) is 0 Å². The number of hydrogen-bond acceptors (Lipinski definition) is 2. The van der Waals surface area contributed by atoms with E-state index >= 15 is 0 Å². The quantitative estimate of drug-likeness (QED) is 0.776. The number of hydrogen-bond donors (Lipinski definition) is 2. The Morgan fingerprint density at radius 2 is 1.93 bits per heavy atom. The topological polar surface area (TPSA) is 57.5 Å². The molecule has 0 fully saturated rings. The Labute approximate surface area is 80.8 Å². The van der Waals surface area contributed by atoms with Crippen LogP contribution in [0.4, 0.5) is 4.39 Å². The molecule has 0 amide bonds. The number of aromatic hydroxyl groups is 1. The number of rotatable bonds is 3. The van der Waals surface area contributed by atoms with Crippen LogP contribution in [-0.4, -0.2) is 21.9 Å². The first kappa shape index (κ1) is 10.5. The minimum Gasteiger partial charge on any atom is -0.508 e. The zero-order valence-electron chi connectivity index (χ0n) is 7.70. The summed E-state index contributed by atoms with van der Waals surface area (Å²) in [5.41, 5.74) is -1.73. The van der Waals surface area contributed by atoms with E-state index in [-0.39, 0.29) is 12.2 Å². The summed E-state index contributed by atoms with van der Waals surface area (Å²) in [6, 6.07) is 5.78. The Bertz CT molecular complexity index is 330. The molecule has 0 aliphatic rings. The molecule has 0 aromatic heterocycles. The molecule has 0 heterocycles. The second kappa shape index (κ2) is 3.65. The third-order valence-corrected chi connectivity index (χ3v) is 1.92. The minimum absolute atomic E-state index is 0.0737. The summed E-state index contributed by atoms with van der Waals surface area (Å²) in [4.78, 5) is 10.5. The highest BCUT2D eigenvalue weighted by Crippen LogP contribution is 2.19. The number of halogens is 1. The zero-order chi connectivity index (χ0) is 10.8. The van der Waals surface area contributed by atoms with Gasteiger partial charge in [0.25, 0.3) is 0 Å². The summed E-state index contributed by atoms with van der Waals surface area (Å²) < 4.78 is 13.3. The Kier molecular flexibility index (Phi) is 2.74. The summed E-state index contributed by atoms with van der Waals surface area (Å²) in [6.07, 6.45) is -0.206. The number of alkyl halides is 1. The van der Waals surface area contributed by atoms with Gasteiger partial charge < -0.3 is 10.2 Å². The van der Waals surface area contributed by atoms with Gasteiger partial charge in [0, 0.05) is 6.42 Å². The minimum atomic E-state index is -2.27. The fourth-order valence-electron chi connectivity index (χ4n) is 1.07. The first-order chi connectivity index (χ1) is 6.42.